The number of hydrogen-bond donors (Lipinski definition) is 1. The average molecular weight is 354 g/mol. The van der Waals surface area contributed by atoms with E-state index in [4.69, 9.17) is 9.47 Å². The summed E-state index contributed by atoms with van der Waals surface area (Å²) in [6, 6.07) is 17.4. The molecule has 0 saturated carbocycles. The van der Waals surface area contributed by atoms with Gasteiger partial charge in [-0.15, -0.1) is 11.3 Å². The molecule has 6 heteroatoms. The number of carbonyl (C=O) groups excluding carboxylic acids is 1. The first-order valence-electron chi connectivity index (χ1n) is 7.91. The van der Waals surface area contributed by atoms with Crippen LogP contribution >= 0.6 is 11.3 Å². The number of esters is 1. The molecule has 0 amide bonds. The van der Waals surface area contributed by atoms with Gasteiger partial charge in [0.05, 0.1) is 12.3 Å². The summed E-state index contributed by atoms with van der Waals surface area (Å²) in [7, 11) is 0. The van der Waals surface area contributed by atoms with Gasteiger partial charge in [0.15, 0.2) is 11.7 Å². The zero-order valence-electron chi connectivity index (χ0n) is 13.8. The zero-order valence-corrected chi connectivity index (χ0v) is 14.6. The molecule has 5 nitrogen and oxygen atoms in total. The van der Waals surface area contributed by atoms with Gasteiger partial charge in [0.1, 0.15) is 5.75 Å². The third-order valence-corrected chi connectivity index (χ3v) is 4.10. The summed E-state index contributed by atoms with van der Waals surface area (Å²) < 4.78 is 10.2. The maximum absolute atomic E-state index is 11.3. The van der Waals surface area contributed by atoms with Gasteiger partial charge in [0, 0.05) is 16.6 Å². The first-order valence-corrected chi connectivity index (χ1v) is 8.79. The smallest absolute Gasteiger partial charge is 0.344 e. The topological polar surface area (TPSA) is 60.5 Å². The number of thiazole rings is 1. The standard InChI is InChI=1S/C19H18N2O3S/c1-2-23-18(22)12-24-16-10-8-14(9-11-16)17-13-25-19(21-17)20-15-6-4-3-5-7-15/h3-11,13H,2,12H2,1H3,(H,20,21). The van der Waals surface area contributed by atoms with E-state index in [2.05, 4.69) is 10.3 Å². The van der Waals surface area contributed by atoms with E-state index >= 15 is 0 Å². The molecule has 2 aromatic carbocycles. The second kappa shape index (κ2) is 8.30. The largest absolute Gasteiger partial charge is 0.482 e. The fourth-order valence-electron chi connectivity index (χ4n) is 2.18. The molecule has 0 aliphatic carbocycles. The van der Waals surface area contributed by atoms with Gasteiger partial charge in [0.2, 0.25) is 0 Å². The van der Waals surface area contributed by atoms with Gasteiger partial charge in [-0.05, 0) is 43.3 Å². The number of nitrogens with zero attached hydrogens (tertiary/aromatic N) is 1. The van der Waals surface area contributed by atoms with Crippen molar-refractivity contribution < 1.29 is 14.3 Å². The number of carbonyl (C=O) groups is 1. The highest BCUT2D eigenvalue weighted by molar-refractivity contribution is 7.14. The van der Waals surface area contributed by atoms with Crippen LogP contribution in [0.5, 0.6) is 5.75 Å². The summed E-state index contributed by atoms with van der Waals surface area (Å²) in [6.45, 7) is 2.03. The average Bonchev–Trinajstić information content (AvgIpc) is 3.10. The first kappa shape index (κ1) is 17.0. The summed E-state index contributed by atoms with van der Waals surface area (Å²) in [6.07, 6.45) is 0. The highest BCUT2D eigenvalue weighted by atomic mass is 32.1. The van der Waals surface area contributed by atoms with E-state index in [1.165, 1.54) is 0 Å². The molecule has 0 atom stereocenters. The number of aromatic nitrogens is 1. The second-order valence-corrected chi connectivity index (χ2v) is 6.01. The van der Waals surface area contributed by atoms with Crippen molar-refractivity contribution in [2.24, 2.45) is 0 Å². The van der Waals surface area contributed by atoms with E-state index in [1.54, 1.807) is 18.3 Å². The number of nitrogens with one attached hydrogen (secondary N) is 1. The second-order valence-electron chi connectivity index (χ2n) is 5.15. The van der Waals surface area contributed by atoms with Crippen LogP contribution in [0.25, 0.3) is 11.3 Å². The van der Waals surface area contributed by atoms with Crippen molar-refractivity contribution >= 4 is 28.1 Å². The van der Waals surface area contributed by atoms with Crippen molar-refractivity contribution in [1.82, 2.24) is 4.98 Å². The van der Waals surface area contributed by atoms with Crippen LogP contribution in [-0.4, -0.2) is 24.2 Å². The van der Waals surface area contributed by atoms with Gasteiger partial charge in [-0.1, -0.05) is 18.2 Å². The summed E-state index contributed by atoms with van der Waals surface area (Å²) in [5, 5.41) is 6.12. The van der Waals surface area contributed by atoms with E-state index < -0.39 is 0 Å². The number of hydrogen-bond acceptors (Lipinski definition) is 6. The molecule has 0 radical (unpaired) electrons. The van der Waals surface area contributed by atoms with Gasteiger partial charge in [-0.2, -0.15) is 0 Å². The quantitative estimate of drug-likeness (QED) is 0.633. The maximum Gasteiger partial charge on any atom is 0.344 e. The van der Waals surface area contributed by atoms with E-state index in [0.717, 1.165) is 22.1 Å². The summed E-state index contributed by atoms with van der Waals surface area (Å²) in [5.74, 6) is 0.248. The van der Waals surface area contributed by atoms with Gasteiger partial charge in [0.25, 0.3) is 0 Å². The Balaban J connectivity index is 1.62. The number of para-hydroxylation sites is 1. The minimum absolute atomic E-state index is 0.0883. The van der Waals surface area contributed by atoms with Crippen LogP contribution < -0.4 is 10.1 Å². The van der Waals surface area contributed by atoms with Crippen LogP contribution in [0.4, 0.5) is 10.8 Å². The molecule has 0 aliphatic rings. The molecule has 3 rings (SSSR count). The zero-order chi connectivity index (χ0) is 17.5. The molecule has 0 aliphatic heterocycles. The van der Waals surface area contributed by atoms with Crippen LogP contribution in [0.15, 0.2) is 60.0 Å². The van der Waals surface area contributed by atoms with Crippen molar-refractivity contribution in [3.8, 4) is 17.0 Å². The van der Waals surface area contributed by atoms with Gasteiger partial charge >= 0.3 is 5.97 Å². The molecule has 0 unspecified atom stereocenters. The van der Waals surface area contributed by atoms with Crippen molar-refractivity contribution in [2.75, 3.05) is 18.5 Å². The Hall–Kier alpha value is -2.86. The highest BCUT2D eigenvalue weighted by Crippen LogP contribution is 2.28. The normalized spacial score (nSPS) is 10.3. The minimum Gasteiger partial charge on any atom is -0.482 e. The SMILES string of the molecule is CCOC(=O)COc1ccc(-c2csc(Nc3ccccc3)n2)cc1. The Morgan fingerprint density at radius 1 is 1.12 bits per heavy atom. The first-order chi connectivity index (χ1) is 12.2. The molecule has 0 fully saturated rings. The fourth-order valence-corrected chi connectivity index (χ4v) is 2.92. The monoisotopic (exact) mass is 354 g/mol. The lowest BCUT2D eigenvalue weighted by Gasteiger charge is -2.06. The van der Waals surface area contributed by atoms with E-state index in [-0.39, 0.29) is 12.6 Å². The third-order valence-electron chi connectivity index (χ3n) is 3.34. The Morgan fingerprint density at radius 3 is 2.60 bits per heavy atom. The van der Waals surface area contributed by atoms with Gasteiger partial charge in [-0.3, -0.25) is 0 Å². The van der Waals surface area contributed by atoms with E-state index in [0.29, 0.717) is 12.4 Å². The molecule has 0 spiro atoms. The highest BCUT2D eigenvalue weighted by Gasteiger charge is 2.07. The minimum atomic E-state index is -0.372. The van der Waals surface area contributed by atoms with Gasteiger partial charge in [-0.25, -0.2) is 9.78 Å². The molecule has 3 aromatic rings. The third kappa shape index (κ3) is 4.81. The lowest BCUT2D eigenvalue weighted by molar-refractivity contribution is -0.145. The molecular formula is C19H18N2O3S. The predicted octanol–water partition coefficient (Wildman–Crippen LogP) is 4.50. The summed E-state index contributed by atoms with van der Waals surface area (Å²) >= 11 is 1.55. The van der Waals surface area contributed by atoms with Crippen LogP contribution in [0.2, 0.25) is 0 Å². The molecular weight excluding hydrogens is 336 g/mol. The van der Waals surface area contributed by atoms with Crippen LogP contribution in [0, 0.1) is 0 Å². The number of anilines is 2. The van der Waals surface area contributed by atoms with E-state index in [9.17, 15) is 4.79 Å². The Kier molecular flexibility index (Phi) is 5.64. The molecule has 128 valence electrons. The number of benzene rings is 2. The predicted molar refractivity (Wildman–Crippen MR) is 99.4 cm³/mol. The van der Waals surface area contributed by atoms with E-state index in [1.807, 2.05) is 60.0 Å². The fraction of sp³-hybridized carbons (Fsp3) is 0.158. The van der Waals surface area contributed by atoms with Gasteiger partial charge < -0.3 is 14.8 Å². The molecule has 1 heterocycles. The molecule has 0 saturated heterocycles. The van der Waals surface area contributed by atoms with Crippen LogP contribution in [0.1, 0.15) is 6.92 Å². The van der Waals surface area contributed by atoms with Crippen molar-refractivity contribution in [2.45, 2.75) is 6.92 Å². The van der Waals surface area contributed by atoms with Crippen molar-refractivity contribution in [3.63, 3.8) is 0 Å². The number of ether oxygens (including phenoxy) is 2. The number of rotatable bonds is 7. The maximum atomic E-state index is 11.3. The lowest BCUT2D eigenvalue weighted by atomic mass is 10.2. The molecule has 25 heavy (non-hydrogen) atoms. The lowest BCUT2D eigenvalue weighted by Crippen LogP contribution is -2.14. The Morgan fingerprint density at radius 2 is 1.88 bits per heavy atom. The van der Waals surface area contributed by atoms with Crippen molar-refractivity contribution in [3.05, 3.63) is 60.0 Å². The molecule has 0 bridgehead atoms. The summed E-state index contributed by atoms with van der Waals surface area (Å²) in [5.41, 5.74) is 2.88. The van der Waals surface area contributed by atoms with Crippen LogP contribution in [0.3, 0.4) is 0 Å². The van der Waals surface area contributed by atoms with Crippen molar-refractivity contribution in [1.29, 1.82) is 0 Å². The molecule has 1 aromatic heterocycles. The Labute approximate surface area is 150 Å². The Bertz CT molecular complexity index is 816. The van der Waals surface area contributed by atoms with Crippen LogP contribution in [-0.2, 0) is 9.53 Å². The summed E-state index contributed by atoms with van der Waals surface area (Å²) in [4.78, 5) is 15.9. The molecule has 1 N–H and O–H groups in total.